The Morgan fingerprint density at radius 1 is 0.900 bits per heavy atom. The second-order valence-corrected chi connectivity index (χ2v) is 6.78. The van der Waals surface area contributed by atoms with Gasteiger partial charge >= 0.3 is 0 Å². The minimum absolute atomic E-state index is 0.631. The van der Waals surface area contributed by atoms with Crippen molar-refractivity contribution in [2.24, 2.45) is 11.8 Å². The highest BCUT2D eigenvalue weighted by Crippen LogP contribution is 2.61. The maximum atomic E-state index is 2.49. The summed E-state index contributed by atoms with van der Waals surface area (Å²) in [5.74, 6) is 1.32. The van der Waals surface area contributed by atoms with Crippen LogP contribution in [0.25, 0.3) is 0 Å². The molecule has 0 aromatic heterocycles. The van der Waals surface area contributed by atoms with E-state index in [0.29, 0.717) is 11.8 Å². The van der Waals surface area contributed by atoms with Crippen molar-refractivity contribution in [1.82, 2.24) is 0 Å². The summed E-state index contributed by atoms with van der Waals surface area (Å²) >= 11 is 0. The summed E-state index contributed by atoms with van der Waals surface area (Å²) in [6, 6.07) is 0. The molecule has 20 heavy (non-hydrogen) atoms. The van der Waals surface area contributed by atoms with E-state index in [1.54, 1.807) is 39.0 Å². The molecule has 0 amide bonds. The molecule has 0 radical (unpaired) electrons. The van der Waals surface area contributed by atoms with Gasteiger partial charge in [0.2, 0.25) is 0 Å². The van der Waals surface area contributed by atoms with Crippen molar-refractivity contribution < 1.29 is 0 Å². The quantitative estimate of drug-likeness (QED) is 0.588. The fraction of sp³-hybridized carbons (Fsp3) is 0.300. The molecule has 0 nitrogen and oxygen atoms in total. The van der Waals surface area contributed by atoms with Crippen molar-refractivity contribution >= 4 is 0 Å². The zero-order chi connectivity index (χ0) is 12.8. The zero-order valence-corrected chi connectivity index (χ0v) is 11.4. The molecule has 6 rings (SSSR count). The average molecular weight is 256 g/mol. The van der Waals surface area contributed by atoms with Gasteiger partial charge in [0.05, 0.1) is 0 Å². The fourth-order valence-electron chi connectivity index (χ4n) is 5.18. The van der Waals surface area contributed by atoms with Crippen molar-refractivity contribution in [2.75, 3.05) is 0 Å². The summed E-state index contributed by atoms with van der Waals surface area (Å²) in [5.41, 5.74) is 13.1. The lowest BCUT2D eigenvalue weighted by atomic mass is 9.70. The second-order valence-electron chi connectivity index (χ2n) is 6.78. The molecule has 2 atom stereocenters. The number of allylic oxidation sites excluding steroid dienone is 14. The van der Waals surface area contributed by atoms with Gasteiger partial charge in [-0.1, -0.05) is 42.0 Å². The molecular weight excluding hydrogens is 240 g/mol. The van der Waals surface area contributed by atoms with Crippen LogP contribution in [0.15, 0.2) is 81.0 Å². The van der Waals surface area contributed by atoms with Crippen molar-refractivity contribution in [3.05, 3.63) is 81.0 Å². The normalized spacial score (nSPS) is 34.8. The third kappa shape index (κ3) is 0.934. The van der Waals surface area contributed by atoms with Crippen LogP contribution in [0.5, 0.6) is 0 Å². The Balaban J connectivity index is 1.80. The summed E-state index contributed by atoms with van der Waals surface area (Å²) in [6.07, 6.45) is 19.5. The first-order valence-electron chi connectivity index (χ1n) is 7.88. The molecule has 0 aromatic carbocycles. The van der Waals surface area contributed by atoms with Gasteiger partial charge in [-0.15, -0.1) is 0 Å². The van der Waals surface area contributed by atoms with E-state index in [4.69, 9.17) is 0 Å². The number of hydrogen-bond donors (Lipinski definition) is 0. The Hall–Kier alpha value is -1.82. The van der Waals surface area contributed by atoms with Crippen molar-refractivity contribution in [3.8, 4) is 0 Å². The SMILES string of the molecule is C1=CC2CCC3=CC=C4CC=C5CC=C1C1=C5C4C3=C12. The van der Waals surface area contributed by atoms with Crippen molar-refractivity contribution in [2.45, 2.75) is 25.7 Å². The first kappa shape index (κ1) is 9.99. The molecule has 0 spiro atoms. The molecule has 0 aliphatic heterocycles. The lowest BCUT2D eigenvalue weighted by Crippen LogP contribution is -2.20. The summed E-state index contributed by atoms with van der Waals surface area (Å²) in [6.45, 7) is 0. The zero-order valence-electron chi connectivity index (χ0n) is 11.4. The van der Waals surface area contributed by atoms with Gasteiger partial charge in [0.1, 0.15) is 0 Å². The van der Waals surface area contributed by atoms with Crippen molar-refractivity contribution in [3.63, 3.8) is 0 Å². The Kier molecular flexibility index (Phi) is 1.54. The lowest BCUT2D eigenvalue weighted by Gasteiger charge is -2.34. The van der Waals surface area contributed by atoms with Gasteiger partial charge in [-0.2, -0.15) is 0 Å². The highest BCUT2D eigenvalue weighted by Gasteiger charge is 2.46. The molecule has 0 saturated carbocycles. The Morgan fingerprint density at radius 2 is 1.90 bits per heavy atom. The topological polar surface area (TPSA) is 0 Å². The van der Waals surface area contributed by atoms with Gasteiger partial charge in [0.15, 0.2) is 0 Å². The second kappa shape index (κ2) is 3.09. The highest BCUT2D eigenvalue weighted by molar-refractivity contribution is 5.78. The van der Waals surface area contributed by atoms with Gasteiger partial charge in [-0.3, -0.25) is 0 Å². The van der Waals surface area contributed by atoms with Crippen LogP contribution in [0.3, 0.4) is 0 Å². The van der Waals surface area contributed by atoms with E-state index in [0.717, 1.165) is 6.42 Å². The summed E-state index contributed by atoms with van der Waals surface area (Å²) < 4.78 is 0. The molecule has 0 heteroatoms. The number of rotatable bonds is 0. The van der Waals surface area contributed by atoms with Crippen LogP contribution in [0.2, 0.25) is 0 Å². The molecule has 96 valence electrons. The molecule has 0 aromatic rings. The van der Waals surface area contributed by atoms with Gasteiger partial charge in [-0.05, 0) is 64.7 Å². The van der Waals surface area contributed by atoms with E-state index in [1.807, 2.05) is 0 Å². The van der Waals surface area contributed by atoms with Crippen LogP contribution >= 0.6 is 0 Å². The summed E-state index contributed by atoms with van der Waals surface area (Å²) in [7, 11) is 0. The largest absolute Gasteiger partial charge is 0.0766 e. The molecule has 0 saturated heterocycles. The van der Waals surface area contributed by atoms with Crippen LogP contribution in [-0.2, 0) is 0 Å². The molecular formula is C20H16. The third-order valence-corrected chi connectivity index (χ3v) is 5.99. The van der Waals surface area contributed by atoms with Gasteiger partial charge in [0.25, 0.3) is 0 Å². The molecule has 6 aliphatic carbocycles. The highest BCUT2D eigenvalue weighted by atomic mass is 14.5. The van der Waals surface area contributed by atoms with Crippen LogP contribution in [0.4, 0.5) is 0 Å². The van der Waals surface area contributed by atoms with Crippen LogP contribution in [-0.4, -0.2) is 0 Å². The van der Waals surface area contributed by atoms with E-state index in [1.165, 1.54) is 24.8 Å². The van der Waals surface area contributed by atoms with E-state index in [-0.39, 0.29) is 0 Å². The maximum Gasteiger partial charge on any atom is 0.0320 e. The minimum atomic E-state index is 0.631. The summed E-state index contributed by atoms with van der Waals surface area (Å²) in [4.78, 5) is 0. The minimum Gasteiger partial charge on any atom is -0.0766 e. The first-order valence-corrected chi connectivity index (χ1v) is 7.88. The van der Waals surface area contributed by atoms with E-state index < -0.39 is 0 Å². The predicted molar refractivity (Wildman–Crippen MR) is 81.0 cm³/mol. The Morgan fingerprint density at radius 3 is 2.90 bits per heavy atom. The van der Waals surface area contributed by atoms with E-state index in [9.17, 15) is 0 Å². The van der Waals surface area contributed by atoms with E-state index in [2.05, 4.69) is 36.5 Å². The fourth-order valence-corrected chi connectivity index (χ4v) is 5.18. The van der Waals surface area contributed by atoms with Crippen LogP contribution < -0.4 is 0 Å². The molecule has 6 aliphatic rings. The van der Waals surface area contributed by atoms with Gasteiger partial charge in [0, 0.05) is 11.8 Å². The van der Waals surface area contributed by atoms with Gasteiger partial charge in [-0.25, -0.2) is 0 Å². The van der Waals surface area contributed by atoms with E-state index >= 15 is 0 Å². The van der Waals surface area contributed by atoms with Crippen molar-refractivity contribution in [1.29, 1.82) is 0 Å². The molecule has 0 bridgehead atoms. The first-order chi connectivity index (χ1) is 9.92. The maximum absolute atomic E-state index is 2.49. The standard InChI is InChI=1S/C20H16/c1-2-12-5-6-14-9-10-15-8-7-13-4-3-11(1)16-17(12)19(14)20(15)18(13)16/h1-3,7,9-10,12,20H,4-6,8H2. The van der Waals surface area contributed by atoms with Crippen LogP contribution in [0, 0.1) is 11.8 Å². The third-order valence-electron chi connectivity index (χ3n) is 5.99. The smallest absolute Gasteiger partial charge is 0.0320 e. The Labute approximate surface area is 119 Å². The van der Waals surface area contributed by atoms with Crippen LogP contribution in [0.1, 0.15) is 25.7 Å². The lowest BCUT2D eigenvalue weighted by molar-refractivity contribution is 0.626. The number of hydrogen-bond acceptors (Lipinski definition) is 0. The average Bonchev–Trinajstić information content (AvgIpc) is 2.88. The van der Waals surface area contributed by atoms with Gasteiger partial charge < -0.3 is 0 Å². The molecule has 0 heterocycles. The monoisotopic (exact) mass is 256 g/mol. The summed E-state index contributed by atoms with van der Waals surface area (Å²) in [5, 5.41) is 0. The Bertz CT molecular complexity index is 799. The molecule has 0 fully saturated rings. The molecule has 0 N–H and O–H groups in total. The predicted octanol–water partition coefficient (Wildman–Crippen LogP) is 4.72. The molecule has 2 unspecified atom stereocenters.